The lowest BCUT2D eigenvalue weighted by molar-refractivity contribution is 0.653. The summed E-state index contributed by atoms with van der Waals surface area (Å²) in [6.45, 7) is 8.28. The monoisotopic (exact) mass is 421 g/mol. The highest BCUT2D eigenvalue weighted by atomic mass is 79.9. The Morgan fingerprint density at radius 1 is 0.704 bits per heavy atom. The minimum Gasteiger partial charge on any atom is -0.368 e. The Bertz CT molecular complexity index is 911. The van der Waals surface area contributed by atoms with Crippen LogP contribution in [0, 0.1) is 13.8 Å². The van der Waals surface area contributed by atoms with Crippen molar-refractivity contribution in [3.05, 3.63) is 76.4 Å². The Morgan fingerprint density at radius 3 is 1.89 bits per heavy atom. The molecule has 0 N–H and O–H groups in total. The van der Waals surface area contributed by atoms with Crippen LogP contribution in [0.25, 0.3) is 11.3 Å². The van der Waals surface area contributed by atoms with Crippen LogP contribution in [-0.2, 0) is 0 Å². The average molecular weight is 422 g/mol. The van der Waals surface area contributed by atoms with Gasteiger partial charge in [0.1, 0.15) is 4.60 Å². The van der Waals surface area contributed by atoms with Gasteiger partial charge in [-0.2, -0.15) is 0 Å². The van der Waals surface area contributed by atoms with Crippen molar-refractivity contribution in [3.63, 3.8) is 0 Å². The third-order valence-electron chi connectivity index (χ3n) is 5.18. The van der Waals surface area contributed by atoms with Crippen LogP contribution in [-0.4, -0.2) is 31.2 Å². The highest BCUT2D eigenvalue weighted by Gasteiger charge is 2.21. The van der Waals surface area contributed by atoms with Crippen LogP contribution < -0.4 is 9.80 Å². The smallest absolute Gasteiger partial charge is 0.106 e. The topological polar surface area (TPSA) is 19.4 Å². The van der Waals surface area contributed by atoms with Crippen molar-refractivity contribution in [2.75, 3.05) is 36.0 Å². The van der Waals surface area contributed by atoms with E-state index in [0.29, 0.717) is 0 Å². The normalized spacial score (nSPS) is 14.5. The van der Waals surface area contributed by atoms with Crippen LogP contribution in [0.1, 0.15) is 11.1 Å². The molecule has 0 bridgehead atoms. The molecule has 1 aliphatic rings. The quantitative estimate of drug-likeness (QED) is 0.523. The van der Waals surface area contributed by atoms with Gasteiger partial charge in [0.2, 0.25) is 0 Å². The molecule has 0 saturated carbocycles. The lowest BCUT2D eigenvalue weighted by atomic mass is 10.1. The highest BCUT2D eigenvalue weighted by molar-refractivity contribution is 9.10. The molecule has 1 aliphatic heterocycles. The van der Waals surface area contributed by atoms with Gasteiger partial charge in [0.25, 0.3) is 0 Å². The molecule has 27 heavy (non-hydrogen) atoms. The first kappa shape index (κ1) is 18.1. The van der Waals surface area contributed by atoms with Crippen molar-refractivity contribution in [2.24, 2.45) is 0 Å². The van der Waals surface area contributed by atoms with Gasteiger partial charge >= 0.3 is 0 Å². The van der Waals surface area contributed by atoms with Crippen LogP contribution in [0.15, 0.2) is 65.3 Å². The Labute approximate surface area is 169 Å². The molecule has 0 aliphatic carbocycles. The molecule has 0 unspecified atom stereocenters. The first-order valence-corrected chi connectivity index (χ1v) is 10.2. The average Bonchev–Trinajstić information content (AvgIpc) is 2.69. The van der Waals surface area contributed by atoms with Crippen LogP contribution in [0.3, 0.4) is 0 Å². The van der Waals surface area contributed by atoms with Crippen molar-refractivity contribution in [1.82, 2.24) is 4.98 Å². The Kier molecular flexibility index (Phi) is 5.17. The second-order valence-electron chi connectivity index (χ2n) is 7.18. The van der Waals surface area contributed by atoms with Gasteiger partial charge in [0.05, 0.1) is 11.4 Å². The van der Waals surface area contributed by atoms with Gasteiger partial charge in [-0.15, -0.1) is 0 Å². The minimum absolute atomic E-state index is 0.875. The van der Waals surface area contributed by atoms with E-state index >= 15 is 0 Å². The molecule has 4 heteroatoms. The zero-order valence-corrected chi connectivity index (χ0v) is 17.4. The number of halogens is 1. The first-order valence-electron chi connectivity index (χ1n) is 9.40. The molecule has 0 spiro atoms. The van der Waals surface area contributed by atoms with Gasteiger partial charge in [0.15, 0.2) is 0 Å². The van der Waals surface area contributed by atoms with Crippen molar-refractivity contribution < 1.29 is 0 Å². The maximum atomic E-state index is 4.80. The summed E-state index contributed by atoms with van der Waals surface area (Å²) in [4.78, 5) is 9.72. The number of anilines is 2. The predicted octanol–water partition coefficient (Wildman–Crippen LogP) is 5.45. The third kappa shape index (κ3) is 4.01. The maximum Gasteiger partial charge on any atom is 0.106 e. The Balaban J connectivity index is 1.56. The van der Waals surface area contributed by atoms with Crippen LogP contribution >= 0.6 is 15.9 Å². The number of pyridine rings is 1. The van der Waals surface area contributed by atoms with Gasteiger partial charge in [0, 0.05) is 37.4 Å². The summed E-state index contributed by atoms with van der Waals surface area (Å²) in [6.07, 6.45) is 0. The highest BCUT2D eigenvalue weighted by Crippen LogP contribution is 2.32. The SMILES string of the molecule is Cc1ccc(-c2nc(Br)ccc2N2CCN(c3ccc(C)cc3)CC2)cc1. The van der Waals surface area contributed by atoms with E-state index in [-0.39, 0.29) is 0 Å². The standard InChI is InChI=1S/C23H24BrN3/c1-17-3-7-19(8-4-17)23-21(11-12-22(24)25-23)27-15-13-26(14-16-27)20-9-5-18(2)6-10-20/h3-12H,13-16H2,1-2H3. The third-order valence-corrected chi connectivity index (χ3v) is 5.63. The molecule has 3 aromatic rings. The molecule has 1 saturated heterocycles. The zero-order chi connectivity index (χ0) is 18.8. The van der Waals surface area contributed by atoms with E-state index in [9.17, 15) is 0 Å². The lowest BCUT2D eigenvalue weighted by Crippen LogP contribution is -2.46. The molecule has 0 atom stereocenters. The number of aromatic nitrogens is 1. The van der Waals surface area contributed by atoms with Crippen LogP contribution in [0.4, 0.5) is 11.4 Å². The van der Waals surface area contributed by atoms with E-state index in [1.165, 1.54) is 22.5 Å². The van der Waals surface area contributed by atoms with E-state index in [1.54, 1.807) is 0 Å². The van der Waals surface area contributed by atoms with Crippen molar-refractivity contribution in [1.29, 1.82) is 0 Å². The fourth-order valence-electron chi connectivity index (χ4n) is 3.57. The lowest BCUT2D eigenvalue weighted by Gasteiger charge is -2.38. The van der Waals surface area contributed by atoms with E-state index in [4.69, 9.17) is 4.98 Å². The summed E-state index contributed by atoms with van der Waals surface area (Å²) >= 11 is 3.54. The molecular formula is C23H24BrN3. The van der Waals surface area contributed by atoms with Crippen molar-refractivity contribution in [2.45, 2.75) is 13.8 Å². The number of rotatable bonds is 3. The second-order valence-corrected chi connectivity index (χ2v) is 7.99. The van der Waals surface area contributed by atoms with Crippen molar-refractivity contribution in [3.8, 4) is 11.3 Å². The summed E-state index contributed by atoms with van der Waals surface area (Å²) in [7, 11) is 0. The number of hydrogen-bond donors (Lipinski definition) is 0. The molecule has 2 heterocycles. The second kappa shape index (κ2) is 7.73. The fraction of sp³-hybridized carbons (Fsp3) is 0.261. The molecule has 1 aromatic heterocycles. The van der Waals surface area contributed by atoms with E-state index in [2.05, 4.69) is 94.2 Å². The minimum atomic E-state index is 0.875. The number of piperazine rings is 1. The molecule has 138 valence electrons. The van der Waals surface area contributed by atoms with Gasteiger partial charge in [-0.05, 0) is 54.0 Å². The summed E-state index contributed by atoms with van der Waals surface area (Å²) in [5.41, 5.74) is 7.31. The summed E-state index contributed by atoms with van der Waals surface area (Å²) < 4.78 is 0.875. The maximum absolute atomic E-state index is 4.80. The largest absolute Gasteiger partial charge is 0.368 e. The number of hydrogen-bond acceptors (Lipinski definition) is 3. The molecule has 0 amide bonds. The molecule has 4 rings (SSSR count). The Hall–Kier alpha value is -2.33. The van der Waals surface area contributed by atoms with Gasteiger partial charge in [-0.1, -0.05) is 47.5 Å². The van der Waals surface area contributed by atoms with Gasteiger partial charge in [-0.25, -0.2) is 4.98 Å². The Morgan fingerprint density at radius 2 is 1.26 bits per heavy atom. The summed E-state index contributed by atoms with van der Waals surface area (Å²) in [5.74, 6) is 0. The van der Waals surface area contributed by atoms with Gasteiger partial charge in [-0.3, -0.25) is 0 Å². The number of aryl methyl sites for hydroxylation is 2. The molecular weight excluding hydrogens is 398 g/mol. The summed E-state index contributed by atoms with van der Waals surface area (Å²) in [5, 5.41) is 0. The molecule has 3 nitrogen and oxygen atoms in total. The molecule has 0 radical (unpaired) electrons. The zero-order valence-electron chi connectivity index (χ0n) is 15.8. The number of benzene rings is 2. The van der Waals surface area contributed by atoms with Crippen LogP contribution in [0.5, 0.6) is 0 Å². The van der Waals surface area contributed by atoms with E-state index < -0.39 is 0 Å². The molecule has 2 aromatic carbocycles. The van der Waals surface area contributed by atoms with E-state index in [0.717, 1.165) is 42.0 Å². The predicted molar refractivity (Wildman–Crippen MR) is 118 cm³/mol. The van der Waals surface area contributed by atoms with Gasteiger partial charge < -0.3 is 9.80 Å². The fourth-order valence-corrected chi connectivity index (χ4v) is 3.88. The summed E-state index contributed by atoms with van der Waals surface area (Å²) in [6, 6.07) is 21.7. The first-order chi connectivity index (χ1) is 13.1. The van der Waals surface area contributed by atoms with Crippen molar-refractivity contribution >= 4 is 27.3 Å². The van der Waals surface area contributed by atoms with Crippen LogP contribution in [0.2, 0.25) is 0 Å². The molecule has 1 fully saturated rings. The van der Waals surface area contributed by atoms with E-state index in [1.807, 2.05) is 6.07 Å². The number of nitrogens with zero attached hydrogens (tertiary/aromatic N) is 3.